The van der Waals surface area contributed by atoms with Crippen LogP contribution < -0.4 is 5.32 Å². The molecular formula is C22H25N3O3. The number of aliphatic imine (C=N–C) groups is 1. The number of hydrogen-bond donors (Lipinski definition) is 1. The molecule has 0 bridgehead atoms. The van der Waals surface area contributed by atoms with Crippen molar-refractivity contribution in [1.29, 1.82) is 0 Å². The van der Waals surface area contributed by atoms with Gasteiger partial charge in [-0.05, 0) is 28.7 Å². The number of amidine groups is 1. The second-order valence-electron chi connectivity index (χ2n) is 7.01. The third-order valence-electron chi connectivity index (χ3n) is 5.10. The molecule has 0 saturated heterocycles. The lowest BCUT2D eigenvalue weighted by molar-refractivity contribution is -0.117. The van der Waals surface area contributed by atoms with Crippen LogP contribution in [0.25, 0.3) is 0 Å². The Hall–Kier alpha value is -2.70. The Morgan fingerprint density at radius 1 is 0.929 bits per heavy atom. The fraction of sp³-hybridized carbons (Fsp3) is 0.364. The fourth-order valence-electron chi connectivity index (χ4n) is 3.56. The van der Waals surface area contributed by atoms with Gasteiger partial charge in [0.2, 0.25) is 0 Å². The number of ether oxygens (including phenoxy) is 2. The molecule has 0 aliphatic carbocycles. The standard InChI is InChI=1S/C22H25N3O3/c26-21-13-18-6-2-3-7-19(18)14-23-16-28-22(24-21)25-10-9-17-5-1-4-8-20(17)15-27-12-11-25/h1-8,23H,9-16H2. The van der Waals surface area contributed by atoms with E-state index in [4.69, 9.17) is 9.47 Å². The minimum absolute atomic E-state index is 0.189. The summed E-state index contributed by atoms with van der Waals surface area (Å²) in [7, 11) is 0. The van der Waals surface area contributed by atoms with Crippen molar-refractivity contribution in [2.24, 2.45) is 4.99 Å². The van der Waals surface area contributed by atoms with Gasteiger partial charge in [-0.2, -0.15) is 4.99 Å². The van der Waals surface area contributed by atoms with Crippen LogP contribution in [0.4, 0.5) is 0 Å². The van der Waals surface area contributed by atoms with Crippen LogP contribution >= 0.6 is 0 Å². The first kappa shape index (κ1) is 18.7. The molecule has 2 aromatic rings. The van der Waals surface area contributed by atoms with E-state index in [1.807, 2.05) is 41.3 Å². The van der Waals surface area contributed by atoms with Crippen molar-refractivity contribution >= 4 is 11.9 Å². The summed E-state index contributed by atoms with van der Waals surface area (Å²) < 4.78 is 11.7. The van der Waals surface area contributed by atoms with Gasteiger partial charge in [-0.25, -0.2) is 0 Å². The van der Waals surface area contributed by atoms with E-state index in [0.717, 1.165) is 24.1 Å². The van der Waals surface area contributed by atoms with Crippen LogP contribution in [0.3, 0.4) is 0 Å². The molecule has 6 heteroatoms. The van der Waals surface area contributed by atoms with E-state index in [2.05, 4.69) is 22.4 Å². The zero-order chi connectivity index (χ0) is 19.2. The normalized spacial score (nSPS) is 18.5. The van der Waals surface area contributed by atoms with Crippen molar-refractivity contribution in [3.8, 4) is 0 Å². The van der Waals surface area contributed by atoms with Gasteiger partial charge in [0.25, 0.3) is 11.9 Å². The smallest absolute Gasteiger partial charge is 0.296 e. The topological polar surface area (TPSA) is 63.2 Å². The summed E-state index contributed by atoms with van der Waals surface area (Å²) in [6.07, 6.45) is 1.13. The molecule has 2 aromatic carbocycles. The largest absolute Gasteiger partial charge is 0.449 e. The summed E-state index contributed by atoms with van der Waals surface area (Å²) in [5.41, 5.74) is 4.58. The number of nitrogens with zero attached hydrogens (tertiary/aromatic N) is 2. The van der Waals surface area contributed by atoms with Crippen LogP contribution in [0.2, 0.25) is 0 Å². The molecular weight excluding hydrogens is 354 g/mol. The molecule has 146 valence electrons. The Morgan fingerprint density at radius 2 is 1.68 bits per heavy atom. The Labute approximate surface area is 165 Å². The summed E-state index contributed by atoms with van der Waals surface area (Å²) in [5.74, 6) is -0.189. The van der Waals surface area contributed by atoms with Crippen LogP contribution in [0.15, 0.2) is 53.5 Å². The van der Waals surface area contributed by atoms with E-state index >= 15 is 0 Å². The van der Waals surface area contributed by atoms with E-state index in [9.17, 15) is 4.79 Å². The van der Waals surface area contributed by atoms with E-state index in [1.165, 1.54) is 11.1 Å². The highest BCUT2D eigenvalue weighted by atomic mass is 16.5. The van der Waals surface area contributed by atoms with Crippen LogP contribution in [-0.2, 0) is 40.3 Å². The lowest BCUT2D eigenvalue weighted by atomic mass is 10.0. The van der Waals surface area contributed by atoms with Gasteiger partial charge in [0.05, 0.1) is 19.6 Å². The highest BCUT2D eigenvalue weighted by molar-refractivity contribution is 5.91. The van der Waals surface area contributed by atoms with Crippen molar-refractivity contribution in [3.05, 3.63) is 70.8 Å². The third kappa shape index (κ3) is 4.58. The maximum Gasteiger partial charge on any atom is 0.296 e. The summed E-state index contributed by atoms with van der Waals surface area (Å²) in [4.78, 5) is 18.9. The highest BCUT2D eigenvalue weighted by Gasteiger charge is 2.19. The Kier molecular flexibility index (Phi) is 5.99. The zero-order valence-corrected chi connectivity index (χ0v) is 15.9. The number of rotatable bonds is 0. The molecule has 0 aromatic heterocycles. The van der Waals surface area contributed by atoms with Gasteiger partial charge in [-0.3, -0.25) is 10.1 Å². The van der Waals surface area contributed by atoms with Gasteiger partial charge >= 0.3 is 0 Å². The van der Waals surface area contributed by atoms with Gasteiger partial charge in [-0.15, -0.1) is 0 Å². The number of nitrogens with one attached hydrogen (secondary N) is 1. The number of carbonyl (C=O) groups excluding carboxylic acids is 1. The first-order chi connectivity index (χ1) is 13.8. The molecule has 1 amide bonds. The quantitative estimate of drug-likeness (QED) is 0.761. The van der Waals surface area contributed by atoms with Gasteiger partial charge in [0, 0.05) is 19.6 Å². The molecule has 6 nitrogen and oxygen atoms in total. The van der Waals surface area contributed by atoms with E-state index < -0.39 is 0 Å². The average Bonchev–Trinajstić information content (AvgIpc) is 2.82. The first-order valence-corrected chi connectivity index (χ1v) is 9.71. The summed E-state index contributed by atoms with van der Waals surface area (Å²) in [6, 6.07) is 16.6. The maximum atomic E-state index is 12.6. The Bertz CT molecular complexity index is 866. The second-order valence-corrected chi connectivity index (χ2v) is 7.01. The molecule has 2 aliphatic heterocycles. The number of hydrogen-bond acceptors (Lipinski definition) is 5. The van der Waals surface area contributed by atoms with Crippen molar-refractivity contribution in [2.75, 3.05) is 26.4 Å². The number of amides is 1. The minimum Gasteiger partial charge on any atom is -0.449 e. The predicted octanol–water partition coefficient (Wildman–Crippen LogP) is 2.26. The molecule has 28 heavy (non-hydrogen) atoms. The minimum atomic E-state index is -0.189. The molecule has 1 N–H and O–H groups in total. The summed E-state index contributed by atoms with van der Waals surface area (Å²) >= 11 is 0. The molecule has 0 spiro atoms. The molecule has 0 radical (unpaired) electrons. The van der Waals surface area contributed by atoms with Crippen molar-refractivity contribution in [3.63, 3.8) is 0 Å². The molecule has 2 heterocycles. The van der Waals surface area contributed by atoms with Crippen LogP contribution in [0.1, 0.15) is 22.3 Å². The SMILES string of the molecule is O=C1Cc2ccccc2CNCOC(N2CCOCc3ccccc3CC2)=N1. The molecule has 4 rings (SSSR count). The van der Waals surface area contributed by atoms with Crippen molar-refractivity contribution in [1.82, 2.24) is 10.2 Å². The summed E-state index contributed by atoms with van der Waals surface area (Å²) in [5, 5.41) is 3.28. The van der Waals surface area contributed by atoms with Crippen molar-refractivity contribution in [2.45, 2.75) is 26.0 Å². The number of carbonyl (C=O) groups is 1. The highest BCUT2D eigenvalue weighted by Crippen LogP contribution is 2.15. The lowest BCUT2D eigenvalue weighted by Crippen LogP contribution is -2.39. The molecule has 0 atom stereocenters. The number of benzene rings is 2. The van der Waals surface area contributed by atoms with Crippen LogP contribution in [0, 0.1) is 0 Å². The average molecular weight is 379 g/mol. The predicted molar refractivity (Wildman–Crippen MR) is 107 cm³/mol. The molecule has 2 aliphatic rings. The lowest BCUT2D eigenvalue weighted by Gasteiger charge is -2.25. The maximum absolute atomic E-state index is 12.6. The first-order valence-electron chi connectivity index (χ1n) is 9.71. The molecule has 0 fully saturated rings. The van der Waals surface area contributed by atoms with Crippen molar-refractivity contribution < 1.29 is 14.3 Å². The second kappa shape index (κ2) is 8.99. The third-order valence-corrected chi connectivity index (χ3v) is 5.10. The van der Waals surface area contributed by atoms with Gasteiger partial charge in [-0.1, -0.05) is 48.5 Å². The fourth-order valence-corrected chi connectivity index (χ4v) is 3.56. The molecule has 0 unspecified atom stereocenters. The number of fused-ring (bicyclic) bond motifs is 2. The Morgan fingerprint density at radius 3 is 2.54 bits per heavy atom. The van der Waals surface area contributed by atoms with Crippen LogP contribution in [0.5, 0.6) is 0 Å². The summed E-state index contributed by atoms with van der Waals surface area (Å²) in [6.45, 7) is 3.48. The molecule has 0 saturated carbocycles. The van der Waals surface area contributed by atoms with E-state index in [0.29, 0.717) is 39.1 Å². The van der Waals surface area contributed by atoms with Crippen LogP contribution in [-0.4, -0.2) is 43.3 Å². The monoisotopic (exact) mass is 379 g/mol. The Balaban J connectivity index is 1.54. The zero-order valence-electron chi connectivity index (χ0n) is 15.9. The van der Waals surface area contributed by atoms with E-state index in [-0.39, 0.29) is 12.3 Å². The van der Waals surface area contributed by atoms with E-state index in [1.54, 1.807) is 0 Å². The van der Waals surface area contributed by atoms with Gasteiger partial charge < -0.3 is 14.4 Å². The van der Waals surface area contributed by atoms with Gasteiger partial charge in [0.15, 0.2) is 0 Å². The van der Waals surface area contributed by atoms with Gasteiger partial charge in [0.1, 0.15) is 6.73 Å².